The molecule has 0 unspecified atom stereocenters. The van der Waals surface area contributed by atoms with E-state index in [1.54, 1.807) is 0 Å². The van der Waals surface area contributed by atoms with Gasteiger partial charge in [-0.1, -0.05) is 23.2 Å². The highest BCUT2D eigenvalue weighted by Gasteiger charge is 2.64. The predicted octanol–water partition coefficient (Wildman–Crippen LogP) is 1.77. The minimum absolute atomic E-state index is 0.0436. The van der Waals surface area contributed by atoms with Crippen LogP contribution >= 0.6 is 23.2 Å². The molecule has 0 radical (unpaired) electrons. The van der Waals surface area contributed by atoms with Crippen LogP contribution in [0, 0.1) is 11.8 Å². The molecular formula is C6H6Cl2O. The fourth-order valence-corrected chi connectivity index (χ4v) is 2.38. The molecule has 0 heterocycles. The number of carbonyl (C=O) groups excluding carboxylic acids is 1. The number of fused-ring (bicyclic) bond motifs is 1. The monoisotopic (exact) mass is 164 g/mol. The lowest BCUT2D eigenvalue weighted by Gasteiger charge is -2.53. The Morgan fingerprint density at radius 3 is 2.22 bits per heavy atom. The number of hydrogen-bond donors (Lipinski definition) is 0. The Balaban J connectivity index is 2.22. The molecule has 0 aromatic heterocycles. The minimum Gasteiger partial charge on any atom is -0.296 e. The first-order valence-electron chi connectivity index (χ1n) is 3.06. The minimum atomic E-state index is -0.997. The molecule has 0 aromatic rings. The number of halogens is 2. The summed E-state index contributed by atoms with van der Waals surface area (Å²) < 4.78 is -0.997. The molecule has 2 aliphatic carbocycles. The maximum absolute atomic E-state index is 10.9. The van der Waals surface area contributed by atoms with E-state index in [9.17, 15) is 4.79 Å². The highest BCUT2D eigenvalue weighted by atomic mass is 35.5. The Morgan fingerprint density at radius 2 is 2.11 bits per heavy atom. The van der Waals surface area contributed by atoms with Crippen molar-refractivity contribution in [2.45, 2.75) is 17.2 Å². The number of Topliss-reactive ketones (excluding diaryl/α,β-unsaturated/α-hetero) is 1. The molecule has 2 atom stereocenters. The van der Waals surface area contributed by atoms with Gasteiger partial charge >= 0.3 is 0 Å². The van der Waals surface area contributed by atoms with Crippen molar-refractivity contribution in [2.24, 2.45) is 11.8 Å². The van der Waals surface area contributed by atoms with Crippen LogP contribution in [-0.4, -0.2) is 10.1 Å². The lowest BCUT2D eigenvalue weighted by molar-refractivity contribution is -0.143. The summed E-state index contributed by atoms with van der Waals surface area (Å²) in [7, 11) is 0. The molecule has 2 aliphatic rings. The Labute approximate surface area is 63.3 Å². The van der Waals surface area contributed by atoms with Gasteiger partial charge in [-0.3, -0.25) is 4.79 Å². The summed E-state index contributed by atoms with van der Waals surface area (Å²) in [5, 5.41) is 0. The Bertz CT molecular complexity index is 176. The number of alkyl halides is 2. The van der Waals surface area contributed by atoms with Gasteiger partial charge in [0, 0.05) is 11.8 Å². The summed E-state index contributed by atoms with van der Waals surface area (Å²) in [6, 6.07) is 0. The highest BCUT2D eigenvalue weighted by Crippen LogP contribution is 2.59. The van der Waals surface area contributed by atoms with Crippen LogP contribution in [0.3, 0.4) is 0 Å². The maximum Gasteiger partial charge on any atom is 0.179 e. The molecule has 0 N–H and O–H groups in total. The average Bonchev–Trinajstić information content (AvgIpc) is 1.61. The molecule has 0 bridgehead atoms. The van der Waals surface area contributed by atoms with Crippen molar-refractivity contribution in [3.05, 3.63) is 0 Å². The second-order valence-electron chi connectivity index (χ2n) is 2.78. The van der Waals surface area contributed by atoms with Crippen LogP contribution in [0.4, 0.5) is 0 Å². The standard InChI is InChI=1S/C6H6Cl2O/c7-6(8)4-2-1-3(4)5(6)9/h3-4H,1-2H2/t3-,4+/m0/s1. The lowest BCUT2D eigenvalue weighted by atomic mass is 9.58. The van der Waals surface area contributed by atoms with Crippen molar-refractivity contribution >= 4 is 29.0 Å². The topological polar surface area (TPSA) is 17.1 Å². The largest absolute Gasteiger partial charge is 0.296 e. The Kier molecular flexibility index (Phi) is 0.970. The molecule has 0 amide bonds. The summed E-state index contributed by atoms with van der Waals surface area (Å²) in [5.41, 5.74) is 0. The fraction of sp³-hybridized carbons (Fsp3) is 0.833. The van der Waals surface area contributed by atoms with Crippen LogP contribution in [0.15, 0.2) is 0 Å². The van der Waals surface area contributed by atoms with Gasteiger partial charge in [0.15, 0.2) is 10.1 Å². The van der Waals surface area contributed by atoms with E-state index < -0.39 is 4.33 Å². The maximum atomic E-state index is 10.9. The van der Waals surface area contributed by atoms with Gasteiger partial charge in [0.2, 0.25) is 0 Å². The molecule has 2 saturated carbocycles. The van der Waals surface area contributed by atoms with Crippen molar-refractivity contribution in [2.75, 3.05) is 0 Å². The van der Waals surface area contributed by atoms with Gasteiger partial charge in [-0.25, -0.2) is 0 Å². The quantitative estimate of drug-likeness (QED) is 0.500. The van der Waals surface area contributed by atoms with Crippen LogP contribution < -0.4 is 0 Å². The third-order valence-electron chi connectivity index (χ3n) is 2.41. The summed E-state index contributed by atoms with van der Waals surface area (Å²) in [5.74, 6) is 0.551. The van der Waals surface area contributed by atoms with Gasteiger partial charge < -0.3 is 0 Å². The second-order valence-corrected chi connectivity index (χ2v) is 4.16. The van der Waals surface area contributed by atoms with Gasteiger partial charge in [0.1, 0.15) is 0 Å². The number of carbonyl (C=O) groups is 1. The van der Waals surface area contributed by atoms with Crippen LogP contribution in [0.5, 0.6) is 0 Å². The van der Waals surface area contributed by atoms with Crippen molar-refractivity contribution in [3.63, 3.8) is 0 Å². The third-order valence-corrected chi connectivity index (χ3v) is 3.34. The van der Waals surface area contributed by atoms with Gasteiger partial charge in [-0.2, -0.15) is 0 Å². The van der Waals surface area contributed by atoms with Crippen molar-refractivity contribution in [1.29, 1.82) is 0 Å². The SMILES string of the molecule is O=C1[C@H]2CC[C@H]2C1(Cl)Cl. The molecule has 0 spiro atoms. The summed E-state index contributed by atoms with van der Waals surface area (Å²) in [6.07, 6.45) is 2.04. The summed E-state index contributed by atoms with van der Waals surface area (Å²) >= 11 is 11.3. The van der Waals surface area contributed by atoms with E-state index in [1.807, 2.05) is 0 Å². The molecule has 2 fully saturated rings. The van der Waals surface area contributed by atoms with Crippen molar-refractivity contribution < 1.29 is 4.79 Å². The number of ketones is 1. The highest BCUT2D eigenvalue weighted by molar-refractivity contribution is 6.61. The molecule has 0 saturated heterocycles. The number of hydrogen-bond acceptors (Lipinski definition) is 1. The van der Waals surface area contributed by atoms with Gasteiger partial charge in [0.05, 0.1) is 0 Å². The van der Waals surface area contributed by atoms with E-state index >= 15 is 0 Å². The molecule has 0 aromatic carbocycles. The molecule has 3 heteroatoms. The van der Waals surface area contributed by atoms with Crippen LogP contribution in [-0.2, 0) is 4.79 Å². The second kappa shape index (κ2) is 1.46. The Hall–Kier alpha value is 0.250. The Morgan fingerprint density at radius 1 is 1.44 bits per heavy atom. The zero-order valence-electron chi connectivity index (χ0n) is 4.73. The van der Waals surface area contributed by atoms with Gasteiger partial charge in [-0.15, -0.1) is 0 Å². The van der Waals surface area contributed by atoms with E-state index in [-0.39, 0.29) is 17.6 Å². The van der Waals surface area contributed by atoms with E-state index in [1.165, 1.54) is 0 Å². The van der Waals surface area contributed by atoms with Gasteiger partial charge in [-0.05, 0) is 12.8 Å². The van der Waals surface area contributed by atoms with E-state index in [4.69, 9.17) is 23.2 Å². The first-order chi connectivity index (χ1) is 4.14. The van der Waals surface area contributed by atoms with Crippen LogP contribution in [0.25, 0.3) is 0 Å². The normalized spacial score (nSPS) is 44.9. The zero-order chi connectivity index (χ0) is 6.65. The van der Waals surface area contributed by atoms with E-state index in [0.29, 0.717) is 0 Å². The van der Waals surface area contributed by atoms with E-state index in [0.717, 1.165) is 12.8 Å². The number of rotatable bonds is 0. The fourth-order valence-electron chi connectivity index (χ4n) is 1.58. The molecule has 50 valence electrons. The van der Waals surface area contributed by atoms with Crippen LogP contribution in [0.1, 0.15) is 12.8 Å². The van der Waals surface area contributed by atoms with E-state index in [2.05, 4.69) is 0 Å². The molecule has 2 rings (SSSR count). The van der Waals surface area contributed by atoms with Crippen molar-refractivity contribution in [3.8, 4) is 0 Å². The van der Waals surface area contributed by atoms with Crippen LogP contribution in [0.2, 0.25) is 0 Å². The molecule has 0 aliphatic heterocycles. The van der Waals surface area contributed by atoms with Crippen molar-refractivity contribution in [1.82, 2.24) is 0 Å². The summed E-state index contributed by atoms with van der Waals surface area (Å²) in [4.78, 5) is 10.9. The lowest BCUT2D eigenvalue weighted by Crippen LogP contribution is -2.61. The predicted molar refractivity (Wildman–Crippen MR) is 35.7 cm³/mol. The molecule has 1 nitrogen and oxygen atoms in total. The smallest absolute Gasteiger partial charge is 0.179 e. The summed E-state index contributed by atoms with van der Waals surface area (Å²) in [6.45, 7) is 0. The molecule has 9 heavy (non-hydrogen) atoms. The first kappa shape index (κ1) is 5.99. The average molecular weight is 165 g/mol. The van der Waals surface area contributed by atoms with Gasteiger partial charge in [0.25, 0.3) is 0 Å². The molecular weight excluding hydrogens is 159 g/mol. The zero-order valence-corrected chi connectivity index (χ0v) is 6.24. The third kappa shape index (κ3) is 0.505. The first-order valence-corrected chi connectivity index (χ1v) is 3.82.